The summed E-state index contributed by atoms with van der Waals surface area (Å²) in [5.41, 5.74) is 7.94. The van der Waals surface area contributed by atoms with Gasteiger partial charge in [0.05, 0.1) is 23.2 Å². The minimum atomic E-state index is -0.559. The fourth-order valence-electron chi connectivity index (χ4n) is 4.40. The smallest absolute Gasteiger partial charge is 0.322 e. The van der Waals surface area contributed by atoms with E-state index in [-0.39, 0.29) is 6.54 Å². The largest absolute Gasteiger partial charge is 0.332 e. The SMILES string of the molecule is NC(Cn1c(=O)c(-c2ccccc2Cl)c2n(c1=O)C(c1c(Cl)cccc1Cl)CS2)c1ccccc1. The van der Waals surface area contributed by atoms with E-state index >= 15 is 0 Å². The molecule has 0 radical (unpaired) electrons. The molecule has 178 valence electrons. The van der Waals surface area contributed by atoms with Gasteiger partial charge in [-0.1, -0.05) is 89.4 Å². The summed E-state index contributed by atoms with van der Waals surface area (Å²) in [5, 5.41) is 1.88. The lowest BCUT2D eigenvalue weighted by Crippen LogP contribution is -2.44. The lowest BCUT2D eigenvalue weighted by Gasteiger charge is -2.21. The van der Waals surface area contributed by atoms with Gasteiger partial charge < -0.3 is 5.73 Å². The van der Waals surface area contributed by atoms with Crippen LogP contribution in [0, 0.1) is 0 Å². The van der Waals surface area contributed by atoms with Crippen molar-refractivity contribution in [3.63, 3.8) is 0 Å². The summed E-state index contributed by atoms with van der Waals surface area (Å²) in [7, 11) is 0. The number of hydrogen-bond acceptors (Lipinski definition) is 4. The van der Waals surface area contributed by atoms with E-state index in [1.807, 2.05) is 36.4 Å². The molecule has 1 aromatic heterocycles. The standard InChI is InChI=1S/C26H20Cl3N3O2S/c27-17-10-5-4-9-16(17)22-24(33)31(13-20(30)15-7-2-1-3-8-15)26(34)32-21(14-35-25(22)32)23-18(28)11-6-12-19(23)29/h1-12,20-21H,13-14,30H2. The predicted octanol–water partition coefficient (Wildman–Crippen LogP) is 6.03. The maximum absolute atomic E-state index is 13.9. The molecule has 4 aromatic rings. The first-order chi connectivity index (χ1) is 16.9. The molecule has 0 saturated carbocycles. The Morgan fingerprint density at radius 2 is 1.51 bits per heavy atom. The van der Waals surface area contributed by atoms with Crippen LogP contribution in [0.25, 0.3) is 11.1 Å². The highest BCUT2D eigenvalue weighted by atomic mass is 35.5. The lowest BCUT2D eigenvalue weighted by atomic mass is 10.1. The average Bonchev–Trinajstić information content (AvgIpc) is 3.28. The van der Waals surface area contributed by atoms with Crippen molar-refractivity contribution in [1.29, 1.82) is 0 Å². The number of nitrogens with two attached hydrogens (primary N) is 1. The Hall–Kier alpha value is -2.48. The Morgan fingerprint density at radius 1 is 0.886 bits per heavy atom. The minimum absolute atomic E-state index is 0.00700. The zero-order valence-corrected chi connectivity index (χ0v) is 21.4. The molecule has 5 nitrogen and oxygen atoms in total. The summed E-state index contributed by atoms with van der Waals surface area (Å²) in [4.78, 5) is 27.7. The fraction of sp³-hybridized carbons (Fsp3) is 0.154. The first-order valence-corrected chi connectivity index (χ1v) is 13.0. The normalized spacial score (nSPS) is 15.7. The molecule has 3 aromatic carbocycles. The van der Waals surface area contributed by atoms with Gasteiger partial charge in [0, 0.05) is 38.0 Å². The molecule has 0 amide bonds. The third-order valence-corrected chi connectivity index (χ3v) is 8.25. The van der Waals surface area contributed by atoms with Gasteiger partial charge in [-0.3, -0.25) is 13.9 Å². The monoisotopic (exact) mass is 543 g/mol. The Morgan fingerprint density at radius 3 is 2.20 bits per heavy atom. The molecule has 35 heavy (non-hydrogen) atoms. The quantitative estimate of drug-likeness (QED) is 0.311. The van der Waals surface area contributed by atoms with Crippen LogP contribution in [0.15, 0.2) is 87.4 Å². The zero-order valence-electron chi connectivity index (χ0n) is 18.3. The molecule has 0 fully saturated rings. The van der Waals surface area contributed by atoms with Gasteiger partial charge in [0.1, 0.15) is 0 Å². The number of benzene rings is 3. The average molecular weight is 545 g/mol. The second-order valence-electron chi connectivity index (χ2n) is 8.21. The number of rotatable bonds is 5. The number of thioether (sulfide) groups is 1. The third-order valence-electron chi connectivity index (χ3n) is 6.10. The molecule has 2 unspecified atom stereocenters. The first-order valence-electron chi connectivity index (χ1n) is 10.9. The van der Waals surface area contributed by atoms with Crippen LogP contribution in [0.5, 0.6) is 0 Å². The molecule has 0 aliphatic carbocycles. The van der Waals surface area contributed by atoms with E-state index < -0.39 is 23.3 Å². The fourth-order valence-corrected chi connectivity index (χ4v) is 6.60. The summed E-state index contributed by atoms with van der Waals surface area (Å²) < 4.78 is 2.80. The first kappa shape index (κ1) is 24.2. The topological polar surface area (TPSA) is 70.0 Å². The number of hydrogen-bond donors (Lipinski definition) is 1. The number of fused-ring (bicyclic) bond motifs is 1. The van der Waals surface area contributed by atoms with Crippen LogP contribution >= 0.6 is 46.6 Å². The second-order valence-corrected chi connectivity index (χ2v) is 10.4. The van der Waals surface area contributed by atoms with E-state index in [0.717, 1.165) is 5.56 Å². The molecule has 5 rings (SSSR count). The number of halogens is 3. The Balaban J connectivity index is 1.77. The highest BCUT2D eigenvalue weighted by molar-refractivity contribution is 7.99. The molecular weight excluding hydrogens is 525 g/mol. The van der Waals surface area contributed by atoms with Crippen LogP contribution in [0.1, 0.15) is 23.2 Å². The van der Waals surface area contributed by atoms with Crippen molar-refractivity contribution in [2.75, 3.05) is 5.75 Å². The second kappa shape index (κ2) is 9.88. The molecule has 0 saturated heterocycles. The lowest BCUT2D eigenvalue weighted by molar-refractivity contribution is 0.478. The molecule has 0 bridgehead atoms. The van der Waals surface area contributed by atoms with Crippen molar-refractivity contribution in [1.82, 2.24) is 9.13 Å². The van der Waals surface area contributed by atoms with Crippen molar-refractivity contribution in [2.45, 2.75) is 23.7 Å². The van der Waals surface area contributed by atoms with E-state index in [0.29, 0.717) is 42.5 Å². The summed E-state index contributed by atoms with van der Waals surface area (Å²) in [6.45, 7) is 0.00700. The van der Waals surface area contributed by atoms with Gasteiger partial charge in [0.2, 0.25) is 0 Å². The van der Waals surface area contributed by atoms with E-state index in [2.05, 4.69) is 0 Å². The van der Waals surface area contributed by atoms with E-state index in [9.17, 15) is 9.59 Å². The van der Waals surface area contributed by atoms with Crippen molar-refractivity contribution in [3.05, 3.63) is 120 Å². The summed E-state index contributed by atoms with van der Waals surface area (Å²) in [6, 6.07) is 20.7. The zero-order chi connectivity index (χ0) is 24.7. The van der Waals surface area contributed by atoms with Crippen molar-refractivity contribution >= 4 is 46.6 Å². The summed E-state index contributed by atoms with van der Waals surface area (Å²) in [6.07, 6.45) is 0. The summed E-state index contributed by atoms with van der Waals surface area (Å²) >= 11 is 21.0. The van der Waals surface area contributed by atoms with Gasteiger partial charge in [-0.2, -0.15) is 0 Å². The van der Waals surface area contributed by atoms with Gasteiger partial charge >= 0.3 is 5.69 Å². The molecule has 9 heteroatoms. The molecule has 1 aliphatic rings. The van der Waals surface area contributed by atoms with Crippen LogP contribution in [-0.2, 0) is 6.54 Å². The van der Waals surface area contributed by atoms with E-state index in [4.69, 9.17) is 40.5 Å². The molecule has 2 heterocycles. The molecule has 0 spiro atoms. The van der Waals surface area contributed by atoms with Crippen LogP contribution in [0.3, 0.4) is 0 Å². The Kier molecular flexibility index (Phi) is 6.84. The van der Waals surface area contributed by atoms with Crippen LogP contribution < -0.4 is 17.0 Å². The van der Waals surface area contributed by atoms with Crippen molar-refractivity contribution in [2.24, 2.45) is 5.73 Å². The highest BCUT2D eigenvalue weighted by Gasteiger charge is 2.34. The molecule has 1 aliphatic heterocycles. The molecular formula is C26H20Cl3N3O2S. The van der Waals surface area contributed by atoms with Crippen LogP contribution in [-0.4, -0.2) is 14.9 Å². The number of aromatic nitrogens is 2. The van der Waals surface area contributed by atoms with E-state index in [1.54, 1.807) is 41.0 Å². The Bertz CT molecular complexity index is 1520. The van der Waals surface area contributed by atoms with Crippen molar-refractivity contribution < 1.29 is 0 Å². The van der Waals surface area contributed by atoms with Crippen molar-refractivity contribution in [3.8, 4) is 11.1 Å². The van der Waals surface area contributed by atoms with Gasteiger partial charge in [0.15, 0.2) is 0 Å². The van der Waals surface area contributed by atoms with Gasteiger partial charge in [-0.15, -0.1) is 11.8 Å². The maximum atomic E-state index is 13.9. The highest BCUT2D eigenvalue weighted by Crippen LogP contribution is 2.44. The third kappa shape index (κ3) is 4.34. The Labute approximate surface area is 221 Å². The molecule has 2 atom stereocenters. The minimum Gasteiger partial charge on any atom is -0.322 e. The van der Waals surface area contributed by atoms with Gasteiger partial charge in [-0.05, 0) is 23.8 Å². The van der Waals surface area contributed by atoms with Gasteiger partial charge in [-0.25, -0.2) is 4.79 Å². The van der Waals surface area contributed by atoms with Gasteiger partial charge in [0.25, 0.3) is 5.56 Å². The predicted molar refractivity (Wildman–Crippen MR) is 144 cm³/mol. The van der Waals surface area contributed by atoms with Crippen LogP contribution in [0.2, 0.25) is 15.1 Å². The number of nitrogens with zero attached hydrogens (tertiary/aromatic N) is 2. The maximum Gasteiger partial charge on any atom is 0.332 e. The molecule has 2 N–H and O–H groups in total. The van der Waals surface area contributed by atoms with Crippen LogP contribution in [0.4, 0.5) is 0 Å². The van der Waals surface area contributed by atoms with E-state index in [1.165, 1.54) is 16.3 Å². The summed E-state index contributed by atoms with van der Waals surface area (Å²) in [5.74, 6) is 0.490.